The maximum Gasteiger partial charge on any atom is 1.00 e. The van der Waals surface area contributed by atoms with Crippen molar-refractivity contribution in [2.24, 2.45) is 0 Å². The zero-order valence-electron chi connectivity index (χ0n) is 23.7. The largest absolute Gasteiger partial charge is 1.00 e. The van der Waals surface area contributed by atoms with Crippen LogP contribution in [0.15, 0.2) is 0 Å². The van der Waals surface area contributed by atoms with Gasteiger partial charge in [0.25, 0.3) is 0 Å². The van der Waals surface area contributed by atoms with Crippen LogP contribution in [0.4, 0.5) is 0 Å². The van der Waals surface area contributed by atoms with E-state index in [2.05, 4.69) is 28.6 Å². The van der Waals surface area contributed by atoms with Gasteiger partial charge in [0.2, 0.25) is 0 Å². The third-order valence-electron chi connectivity index (χ3n) is 5.64. The SMILES string of the molecule is CC(=O)CCS.CO[C@H]1OC(CBr)[C@@H](OC)[C@H](O)C1O.CO[C@H]1OC(CSCCC(=O)[O-])[C@@H](OC)[C@H](O)C1O.[K+]. The van der Waals surface area contributed by atoms with Crippen molar-refractivity contribution in [2.45, 2.75) is 81.2 Å². The molecule has 0 aromatic heterocycles. The fourth-order valence-corrected chi connectivity index (χ4v) is 5.37. The number of hydrogen-bond donors (Lipinski definition) is 5. The molecule has 2 rings (SSSR count). The van der Waals surface area contributed by atoms with Crippen molar-refractivity contribution in [3.63, 3.8) is 0 Å². The van der Waals surface area contributed by atoms with Crippen molar-refractivity contribution in [3.8, 4) is 0 Å². The van der Waals surface area contributed by atoms with Gasteiger partial charge in [0.1, 0.15) is 42.4 Å². The molecule has 0 radical (unpaired) electrons. The number of carboxylic acids is 1. The van der Waals surface area contributed by atoms with Gasteiger partial charge in [0.15, 0.2) is 12.6 Å². The Morgan fingerprint density at radius 2 is 1.30 bits per heavy atom. The Kier molecular flexibility index (Phi) is 27.1. The summed E-state index contributed by atoms with van der Waals surface area (Å²) < 4.78 is 30.9. The summed E-state index contributed by atoms with van der Waals surface area (Å²) in [6.07, 6.45) is -7.60. The van der Waals surface area contributed by atoms with Gasteiger partial charge >= 0.3 is 51.4 Å². The summed E-state index contributed by atoms with van der Waals surface area (Å²) in [7, 11) is 5.66. The van der Waals surface area contributed by atoms with Crippen LogP contribution in [0, 0.1) is 0 Å². The molecule has 2 aliphatic heterocycles. The van der Waals surface area contributed by atoms with Gasteiger partial charge in [-0.15, -0.1) is 0 Å². The molecule has 0 amide bonds. The number of hydrogen-bond acceptors (Lipinski definition) is 15. The van der Waals surface area contributed by atoms with E-state index in [1.165, 1.54) is 40.2 Å². The van der Waals surface area contributed by atoms with Gasteiger partial charge in [-0.3, -0.25) is 4.79 Å². The second-order valence-electron chi connectivity index (χ2n) is 8.45. The molecule has 4 unspecified atom stereocenters. The van der Waals surface area contributed by atoms with E-state index in [1.54, 1.807) is 6.92 Å². The van der Waals surface area contributed by atoms with E-state index in [0.717, 1.165) is 0 Å². The average Bonchev–Trinajstić information content (AvgIpc) is 2.90. The Labute approximate surface area is 296 Å². The molecule has 13 nitrogen and oxygen atoms in total. The predicted octanol–water partition coefficient (Wildman–Crippen LogP) is -4.64. The third kappa shape index (κ3) is 15.5. The predicted molar refractivity (Wildman–Crippen MR) is 147 cm³/mol. The van der Waals surface area contributed by atoms with Crippen LogP contribution in [-0.4, -0.2) is 145 Å². The van der Waals surface area contributed by atoms with E-state index >= 15 is 0 Å². The van der Waals surface area contributed by atoms with E-state index in [0.29, 0.717) is 29.0 Å². The minimum Gasteiger partial charge on any atom is -0.550 e. The second kappa shape index (κ2) is 24.8. The van der Waals surface area contributed by atoms with Gasteiger partial charge in [-0.05, 0) is 24.9 Å². The van der Waals surface area contributed by atoms with Crippen LogP contribution >= 0.6 is 40.3 Å². The maximum absolute atomic E-state index is 10.3. The number of ether oxygens (including phenoxy) is 6. The fourth-order valence-electron chi connectivity index (χ4n) is 3.55. The Morgan fingerprint density at radius 1 is 0.850 bits per heavy atom. The molecule has 0 bridgehead atoms. The molecule has 2 heterocycles. The molecule has 10 atom stereocenters. The Morgan fingerprint density at radius 3 is 1.62 bits per heavy atom. The number of alkyl halides is 1. The van der Waals surface area contributed by atoms with E-state index < -0.39 is 61.3 Å². The molecule has 0 aromatic rings. The first-order valence-corrected chi connectivity index (χ1v) is 14.9. The van der Waals surface area contributed by atoms with Crippen molar-refractivity contribution in [1.29, 1.82) is 0 Å². The Hall–Kier alpha value is 1.56. The number of rotatable bonds is 12. The molecule has 2 saturated heterocycles. The molecule has 2 aliphatic rings. The molecule has 40 heavy (non-hydrogen) atoms. The summed E-state index contributed by atoms with van der Waals surface area (Å²) in [6, 6.07) is 0. The van der Waals surface area contributed by atoms with Gasteiger partial charge in [-0.2, -0.15) is 24.4 Å². The molecule has 0 saturated carbocycles. The normalized spacial score (nSPS) is 33.4. The number of Topliss-reactive ketones (excluding diaryl/α,β-unsaturated/α-hetero) is 1. The maximum atomic E-state index is 10.3. The standard InChI is InChI=1S/C11H20O7S.C8H15BrO5.C4H8OS.K/c1-16-10-6(5-19-4-3-7(12)13)18-11(17-2)9(15)8(10)14;1-12-7-4(3-9)14-8(13-2)6(11)5(7)10;1-4(5)2-3-6;/h6,8-11,14-15H,3-5H2,1-2H3,(H,12,13);4-8,10-11H,3H2,1-2H3;6H,2-3H2,1H3;/q;;;+1/p-1/t6?,8-,9?,10-,11+;4?,5-,6?,7-,8+;;/m11../s1. The van der Waals surface area contributed by atoms with Crippen molar-refractivity contribution >= 4 is 52.1 Å². The minimum atomic E-state index is -1.18. The zero-order valence-corrected chi connectivity index (χ0v) is 30.1. The molecule has 0 spiro atoms. The Bertz CT molecular complexity index is 685. The molecule has 2 fully saturated rings. The van der Waals surface area contributed by atoms with Gasteiger partial charge in [0, 0.05) is 51.9 Å². The van der Waals surface area contributed by atoms with Crippen molar-refractivity contribution in [2.75, 3.05) is 51.0 Å². The minimum absolute atomic E-state index is 0. The summed E-state index contributed by atoms with van der Waals surface area (Å²) >= 11 is 8.43. The summed E-state index contributed by atoms with van der Waals surface area (Å²) in [4.78, 5) is 20.3. The van der Waals surface area contributed by atoms with E-state index in [4.69, 9.17) is 28.4 Å². The first kappa shape index (κ1) is 43.7. The van der Waals surface area contributed by atoms with Crippen molar-refractivity contribution in [3.05, 3.63) is 0 Å². The number of halogens is 1. The molecular formula is C23H42BrKO13S2. The molecule has 232 valence electrons. The van der Waals surface area contributed by atoms with Crippen LogP contribution in [0.1, 0.15) is 19.8 Å². The smallest absolute Gasteiger partial charge is 0.550 e. The third-order valence-corrected chi connectivity index (χ3v) is 7.56. The van der Waals surface area contributed by atoms with Crippen molar-refractivity contribution in [1.82, 2.24) is 0 Å². The quantitative estimate of drug-likeness (QED) is 0.0562. The molecule has 4 N–H and O–H groups in total. The number of carbonyl (C=O) groups excluding carboxylic acids is 2. The summed E-state index contributed by atoms with van der Waals surface area (Å²) in [5.74, 6) is 0.593. The van der Waals surface area contributed by atoms with Crippen LogP contribution in [-0.2, 0) is 38.0 Å². The van der Waals surface area contributed by atoms with Crippen LogP contribution in [0.25, 0.3) is 0 Å². The van der Waals surface area contributed by atoms with E-state index in [1.807, 2.05) is 0 Å². The van der Waals surface area contributed by atoms with E-state index in [-0.39, 0.29) is 69.7 Å². The topological polar surface area (TPSA) is 194 Å². The van der Waals surface area contributed by atoms with Crippen LogP contribution < -0.4 is 56.5 Å². The summed E-state index contributed by atoms with van der Waals surface area (Å²) in [5, 5.41) is 49.7. The fraction of sp³-hybridized carbons (Fsp3) is 0.913. The monoisotopic (exact) mass is 708 g/mol. The number of carboxylic acid groups (broad SMARTS) is 1. The van der Waals surface area contributed by atoms with Gasteiger partial charge in [-0.1, -0.05) is 15.9 Å². The number of thioether (sulfide) groups is 1. The van der Waals surface area contributed by atoms with Crippen molar-refractivity contribution < 1.29 is 115 Å². The number of aliphatic hydroxyl groups excluding tert-OH is 4. The summed E-state index contributed by atoms with van der Waals surface area (Å²) in [6.45, 7) is 1.57. The van der Waals surface area contributed by atoms with E-state index in [9.17, 15) is 35.1 Å². The number of carbonyl (C=O) groups is 2. The first-order chi connectivity index (χ1) is 18.4. The first-order valence-electron chi connectivity index (χ1n) is 12.0. The Balaban J connectivity index is 0. The number of ketones is 1. The van der Waals surface area contributed by atoms with Crippen LogP contribution in [0.5, 0.6) is 0 Å². The molecular weight excluding hydrogens is 667 g/mol. The second-order valence-corrected chi connectivity index (χ2v) is 10.7. The van der Waals surface area contributed by atoms with Crippen LogP contribution in [0.3, 0.4) is 0 Å². The zero-order chi connectivity index (χ0) is 30.1. The molecule has 0 aromatic carbocycles. The molecule has 0 aliphatic carbocycles. The number of aliphatic hydroxyl groups is 4. The van der Waals surface area contributed by atoms with Crippen LogP contribution in [0.2, 0.25) is 0 Å². The summed E-state index contributed by atoms with van der Waals surface area (Å²) in [5.41, 5.74) is 0. The number of methoxy groups -OCH3 is 4. The average molecular weight is 710 g/mol. The number of thiol groups is 1. The van der Waals surface area contributed by atoms with Gasteiger partial charge in [0.05, 0.1) is 12.2 Å². The van der Waals surface area contributed by atoms with Gasteiger partial charge < -0.3 is 58.7 Å². The number of aliphatic carboxylic acids is 1. The van der Waals surface area contributed by atoms with Gasteiger partial charge in [-0.25, -0.2) is 0 Å². The molecule has 17 heteroatoms.